The Morgan fingerprint density at radius 3 is 2.61 bits per heavy atom. The van der Waals surface area contributed by atoms with E-state index in [1.54, 1.807) is 30.6 Å². The summed E-state index contributed by atoms with van der Waals surface area (Å²) in [6.07, 6.45) is 4.18. The van der Waals surface area contributed by atoms with Crippen LogP contribution >= 0.6 is 0 Å². The van der Waals surface area contributed by atoms with Crippen LogP contribution in [-0.2, 0) is 12.0 Å². The van der Waals surface area contributed by atoms with Gasteiger partial charge in [-0.05, 0) is 24.1 Å². The van der Waals surface area contributed by atoms with E-state index in [4.69, 9.17) is 0 Å². The van der Waals surface area contributed by atoms with Crippen LogP contribution in [0, 0.1) is 5.82 Å². The zero-order valence-electron chi connectivity index (χ0n) is 10.3. The Labute approximate surface area is 106 Å². The Bertz CT molecular complexity index is 515. The van der Waals surface area contributed by atoms with Crippen molar-refractivity contribution < 1.29 is 9.50 Å². The maximum atomic E-state index is 13.8. The molecular weight excluding hydrogens is 229 g/mol. The summed E-state index contributed by atoms with van der Waals surface area (Å²) < 4.78 is 13.8. The van der Waals surface area contributed by atoms with E-state index >= 15 is 0 Å². The second-order valence-electron chi connectivity index (χ2n) is 4.40. The minimum Gasteiger partial charge on any atom is -0.385 e. The predicted octanol–water partition coefficient (Wildman–Crippen LogP) is 3.06. The quantitative estimate of drug-likeness (QED) is 0.898. The number of benzene rings is 1. The summed E-state index contributed by atoms with van der Waals surface area (Å²) in [6.45, 7) is 1.85. The lowest BCUT2D eigenvalue weighted by Gasteiger charge is -2.27. The van der Waals surface area contributed by atoms with Gasteiger partial charge >= 0.3 is 0 Å². The minimum absolute atomic E-state index is 0.344. The molecule has 94 valence electrons. The molecule has 1 aromatic carbocycles. The summed E-state index contributed by atoms with van der Waals surface area (Å²) in [6, 6.07) is 10.1. The molecule has 18 heavy (non-hydrogen) atoms. The number of pyridine rings is 1. The van der Waals surface area contributed by atoms with Gasteiger partial charge in [-0.3, -0.25) is 4.98 Å². The molecule has 0 fully saturated rings. The molecule has 1 atom stereocenters. The summed E-state index contributed by atoms with van der Waals surface area (Å²) in [5.74, 6) is -0.370. The van der Waals surface area contributed by atoms with E-state index in [0.717, 1.165) is 5.56 Å². The van der Waals surface area contributed by atoms with Gasteiger partial charge in [0.1, 0.15) is 5.82 Å². The molecule has 0 spiro atoms. The van der Waals surface area contributed by atoms with Gasteiger partial charge < -0.3 is 5.11 Å². The highest BCUT2D eigenvalue weighted by Crippen LogP contribution is 2.30. The van der Waals surface area contributed by atoms with Gasteiger partial charge in [0, 0.05) is 24.4 Å². The molecule has 3 heteroatoms. The van der Waals surface area contributed by atoms with Crippen LogP contribution in [0.4, 0.5) is 4.39 Å². The predicted molar refractivity (Wildman–Crippen MR) is 68.5 cm³/mol. The van der Waals surface area contributed by atoms with Crippen molar-refractivity contribution in [3.8, 4) is 0 Å². The van der Waals surface area contributed by atoms with Gasteiger partial charge in [-0.15, -0.1) is 0 Å². The van der Waals surface area contributed by atoms with Crippen LogP contribution in [0.3, 0.4) is 0 Å². The van der Waals surface area contributed by atoms with Gasteiger partial charge in [-0.2, -0.15) is 0 Å². The topological polar surface area (TPSA) is 33.1 Å². The van der Waals surface area contributed by atoms with E-state index < -0.39 is 5.60 Å². The Kier molecular flexibility index (Phi) is 3.72. The molecule has 1 N–H and O–H groups in total. The Hall–Kier alpha value is -1.74. The van der Waals surface area contributed by atoms with E-state index in [1.165, 1.54) is 6.07 Å². The lowest BCUT2D eigenvalue weighted by Crippen LogP contribution is -2.29. The van der Waals surface area contributed by atoms with Crippen molar-refractivity contribution in [3.05, 3.63) is 65.7 Å². The van der Waals surface area contributed by atoms with Gasteiger partial charge in [0.05, 0.1) is 5.60 Å². The SMILES string of the molecule is CCC(O)(Cc1cccnc1)c1ccccc1F. The van der Waals surface area contributed by atoms with Crippen molar-refractivity contribution in [2.45, 2.75) is 25.4 Å². The summed E-state index contributed by atoms with van der Waals surface area (Å²) >= 11 is 0. The highest BCUT2D eigenvalue weighted by molar-refractivity contribution is 5.27. The second kappa shape index (κ2) is 5.27. The molecule has 0 aliphatic carbocycles. The third-order valence-corrected chi connectivity index (χ3v) is 3.18. The van der Waals surface area contributed by atoms with Crippen molar-refractivity contribution in [2.75, 3.05) is 0 Å². The highest BCUT2D eigenvalue weighted by atomic mass is 19.1. The molecule has 0 aliphatic heterocycles. The standard InChI is InChI=1S/C15H16FNO/c1-2-15(18,10-12-6-5-9-17-11-12)13-7-3-4-8-14(13)16/h3-9,11,18H,2,10H2,1H3. The molecule has 0 aliphatic rings. The van der Waals surface area contributed by atoms with E-state index in [1.807, 2.05) is 19.1 Å². The fourth-order valence-electron chi connectivity index (χ4n) is 2.09. The molecule has 2 nitrogen and oxygen atoms in total. The van der Waals surface area contributed by atoms with Crippen LogP contribution in [0.5, 0.6) is 0 Å². The number of nitrogens with zero attached hydrogens (tertiary/aromatic N) is 1. The highest BCUT2D eigenvalue weighted by Gasteiger charge is 2.30. The van der Waals surface area contributed by atoms with Gasteiger partial charge in [0.15, 0.2) is 0 Å². The molecular formula is C15H16FNO. The first kappa shape index (κ1) is 12.7. The normalized spacial score (nSPS) is 14.2. The summed E-state index contributed by atoms with van der Waals surface area (Å²) in [5, 5.41) is 10.7. The first-order valence-corrected chi connectivity index (χ1v) is 6.02. The van der Waals surface area contributed by atoms with Crippen LogP contribution in [0.15, 0.2) is 48.8 Å². The largest absolute Gasteiger partial charge is 0.385 e. The number of aliphatic hydroxyl groups is 1. The van der Waals surface area contributed by atoms with Crippen molar-refractivity contribution in [2.24, 2.45) is 0 Å². The molecule has 1 aromatic heterocycles. The van der Waals surface area contributed by atoms with Gasteiger partial charge in [0.25, 0.3) is 0 Å². The zero-order chi connectivity index (χ0) is 13.0. The lowest BCUT2D eigenvalue weighted by molar-refractivity contribution is 0.0291. The number of aromatic nitrogens is 1. The van der Waals surface area contributed by atoms with Crippen LogP contribution in [0.25, 0.3) is 0 Å². The van der Waals surface area contributed by atoms with Gasteiger partial charge in [0.2, 0.25) is 0 Å². The third-order valence-electron chi connectivity index (χ3n) is 3.18. The smallest absolute Gasteiger partial charge is 0.129 e. The van der Waals surface area contributed by atoms with Crippen molar-refractivity contribution >= 4 is 0 Å². The monoisotopic (exact) mass is 245 g/mol. The van der Waals surface area contributed by atoms with E-state index in [-0.39, 0.29) is 5.82 Å². The minimum atomic E-state index is -1.19. The van der Waals surface area contributed by atoms with Crippen molar-refractivity contribution in [3.63, 3.8) is 0 Å². The molecule has 0 saturated carbocycles. The maximum Gasteiger partial charge on any atom is 0.129 e. The Balaban J connectivity index is 2.34. The molecule has 0 radical (unpaired) electrons. The van der Waals surface area contributed by atoms with Gasteiger partial charge in [-0.1, -0.05) is 31.2 Å². The molecule has 2 aromatic rings. The summed E-state index contributed by atoms with van der Waals surface area (Å²) in [4.78, 5) is 4.01. The molecule has 0 saturated heterocycles. The van der Waals surface area contributed by atoms with E-state index in [0.29, 0.717) is 18.4 Å². The lowest BCUT2D eigenvalue weighted by atomic mass is 9.85. The molecule has 2 rings (SSSR count). The Morgan fingerprint density at radius 1 is 1.22 bits per heavy atom. The Morgan fingerprint density at radius 2 is 2.00 bits per heavy atom. The van der Waals surface area contributed by atoms with Crippen LogP contribution in [-0.4, -0.2) is 10.1 Å². The number of rotatable bonds is 4. The van der Waals surface area contributed by atoms with Crippen molar-refractivity contribution in [1.29, 1.82) is 0 Å². The molecule has 0 amide bonds. The average molecular weight is 245 g/mol. The molecule has 1 heterocycles. The summed E-state index contributed by atoms with van der Waals surface area (Å²) in [5.41, 5.74) is 0.0513. The molecule has 1 unspecified atom stereocenters. The zero-order valence-corrected chi connectivity index (χ0v) is 10.3. The molecule has 0 bridgehead atoms. The number of hydrogen-bond donors (Lipinski definition) is 1. The van der Waals surface area contributed by atoms with E-state index in [9.17, 15) is 9.50 Å². The maximum absolute atomic E-state index is 13.8. The average Bonchev–Trinajstić information content (AvgIpc) is 2.40. The number of hydrogen-bond acceptors (Lipinski definition) is 2. The second-order valence-corrected chi connectivity index (χ2v) is 4.40. The van der Waals surface area contributed by atoms with Crippen LogP contribution in [0.2, 0.25) is 0 Å². The first-order valence-electron chi connectivity index (χ1n) is 6.02. The third kappa shape index (κ3) is 2.57. The van der Waals surface area contributed by atoms with Crippen LogP contribution < -0.4 is 0 Å². The summed E-state index contributed by atoms with van der Waals surface area (Å²) in [7, 11) is 0. The van der Waals surface area contributed by atoms with E-state index in [2.05, 4.69) is 4.98 Å². The van der Waals surface area contributed by atoms with Gasteiger partial charge in [-0.25, -0.2) is 4.39 Å². The fourth-order valence-corrected chi connectivity index (χ4v) is 2.09. The fraction of sp³-hybridized carbons (Fsp3) is 0.267. The van der Waals surface area contributed by atoms with Crippen LogP contribution in [0.1, 0.15) is 24.5 Å². The number of halogens is 1. The first-order chi connectivity index (χ1) is 8.65. The van der Waals surface area contributed by atoms with Crippen molar-refractivity contribution in [1.82, 2.24) is 4.98 Å².